The Hall–Kier alpha value is -3.78. The smallest absolute Gasteiger partial charge is 0.337 e. The normalized spacial score (nSPS) is 15.0. The van der Waals surface area contributed by atoms with Crippen molar-refractivity contribution in [2.24, 2.45) is 0 Å². The quantitative estimate of drug-likeness (QED) is 0.264. The van der Waals surface area contributed by atoms with Crippen LogP contribution in [-0.4, -0.2) is 27.9 Å². The van der Waals surface area contributed by atoms with E-state index in [0.717, 1.165) is 17.5 Å². The predicted octanol–water partition coefficient (Wildman–Crippen LogP) is 7.99. The summed E-state index contributed by atoms with van der Waals surface area (Å²) in [5.74, 6) is -2.20. The molecule has 0 fully saturated rings. The molecule has 8 heteroatoms. The van der Waals surface area contributed by atoms with Crippen LogP contribution in [0.4, 0.5) is 13.2 Å². The standard InChI is InChI=1S/C32H32F3NO4/c1-17-13-26-19(14-22(17)29(31(37)38)40-32(3,4)5)15-27(36(26)30(35)21-9-6-7-11-24(21)33)23-16-25(34)28-20(18(23)2)10-8-12-39-28/h6-7,9,11,13-16,29-30H,8,10,12H2,1-5H3,(H,37,38)/t29-,30?/m0/s1. The van der Waals surface area contributed by atoms with E-state index in [0.29, 0.717) is 46.3 Å². The van der Waals surface area contributed by atoms with Crippen molar-refractivity contribution < 1.29 is 32.5 Å². The Morgan fingerprint density at radius 1 is 1.05 bits per heavy atom. The first-order valence-electron chi connectivity index (χ1n) is 13.3. The molecular formula is C32H32F3NO4. The van der Waals surface area contributed by atoms with Crippen LogP contribution in [0.2, 0.25) is 0 Å². The molecule has 40 heavy (non-hydrogen) atoms. The van der Waals surface area contributed by atoms with E-state index in [9.17, 15) is 14.3 Å². The zero-order valence-corrected chi connectivity index (χ0v) is 23.1. The SMILES string of the molecule is Cc1cc2c(cc1[C@H](OC(C)(C)C)C(=O)O)cc(-c1cc(F)c3c(c1C)CCCO3)n2C(F)c1ccccc1F. The third-order valence-corrected chi connectivity index (χ3v) is 7.31. The number of aromatic nitrogens is 1. The van der Waals surface area contributed by atoms with Crippen molar-refractivity contribution >= 4 is 16.9 Å². The second kappa shape index (κ2) is 10.3. The van der Waals surface area contributed by atoms with Crippen molar-refractivity contribution in [2.45, 2.75) is 65.5 Å². The highest BCUT2D eigenvalue weighted by molar-refractivity contribution is 5.91. The molecule has 0 saturated heterocycles. The number of ether oxygens (including phenoxy) is 2. The lowest BCUT2D eigenvalue weighted by atomic mass is 9.94. The first-order chi connectivity index (χ1) is 18.9. The minimum atomic E-state index is -1.94. The van der Waals surface area contributed by atoms with E-state index in [4.69, 9.17) is 9.47 Å². The number of rotatable bonds is 6. The fourth-order valence-corrected chi connectivity index (χ4v) is 5.46. The summed E-state index contributed by atoms with van der Waals surface area (Å²) >= 11 is 0. The molecule has 2 heterocycles. The molecule has 3 aromatic carbocycles. The lowest BCUT2D eigenvalue weighted by Gasteiger charge is -2.26. The third kappa shape index (κ3) is 4.96. The Labute approximate surface area is 231 Å². The lowest BCUT2D eigenvalue weighted by Crippen LogP contribution is -2.27. The zero-order valence-electron chi connectivity index (χ0n) is 23.1. The van der Waals surface area contributed by atoms with Crippen LogP contribution in [0.1, 0.15) is 67.4 Å². The summed E-state index contributed by atoms with van der Waals surface area (Å²) in [6.07, 6.45) is -1.85. The maximum Gasteiger partial charge on any atom is 0.337 e. The fraction of sp³-hybridized carbons (Fsp3) is 0.344. The third-order valence-electron chi connectivity index (χ3n) is 7.31. The molecular weight excluding hydrogens is 519 g/mol. The molecule has 1 unspecified atom stereocenters. The van der Waals surface area contributed by atoms with Gasteiger partial charge in [-0.1, -0.05) is 18.2 Å². The highest BCUT2D eigenvalue weighted by Crippen LogP contribution is 2.42. The number of benzene rings is 3. The second-order valence-electron chi connectivity index (χ2n) is 11.3. The van der Waals surface area contributed by atoms with Gasteiger partial charge in [0.05, 0.1) is 23.4 Å². The van der Waals surface area contributed by atoms with E-state index in [2.05, 4.69) is 0 Å². The summed E-state index contributed by atoms with van der Waals surface area (Å²) in [5, 5.41) is 10.5. The maximum atomic E-state index is 16.4. The lowest BCUT2D eigenvalue weighted by molar-refractivity contribution is -0.160. The molecule has 2 atom stereocenters. The number of nitrogens with zero attached hydrogens (tertiary/aromatic N) is 1. The summed E-state index contributed by atoms with van der Waals surface area (Å²) in [5.41, 5.74) is 2.77. The highest BCUT2D eigenvalue weighted by Gasteiger charge is 2.31. The van der Waals surface area contributed by atoms with Gasteiger partial charge in [-0.3, -0.25) is 0 Å². The minimum absolute atomic E-state index is 0.165. The summed E-state index contributed by atoms with van der Waals surface area (Å²) in [4.78, 5) is 12.2. The van der Waals surface area contributed by atoms with Crippen LogP contribution in [0.25, 0.3) is 22.2 Å². The number of alkyl halides is 1. The molecule has 5 nitrogen and oxygen atoms in total. The van der Waals surface area contributed by atoms with Gasteiger partial charge in [-0.25, -0.2) is 18.0 Å². The molecule has 0 saturated carbocycles. The Kier molecular flexibility index (Phi) is 7.17. The van der Waals surface area contributed by atoms with Crippen LogP contribution < -0.4 is 4.74 Å². The molecule has 4 aromatic rings. The average Bonchev–Trinajstić information content (AvgIpc) is 3.26. The summed E-state index contributed by atoms with van der Waals surface area (Å²) < 4.78 is 59.4. The number of halogens is 3. The molecule has 1 N–H and O–H groups in total. The van der Waals surface area contributed by atoms with Crippen LogP contribution in [0.15, 0.2) is 48.5 Å². The van der Waals surface area contributed by atoms with E-state index in [1.54, 1.807) is 52.0 Å². The Morgan fingerprint density at radius 2 is 1.77 bits per heavy atom. The number of carbonyl (C=O) groups is 1. The molecule has 1 aliphatic heterocycles. The largest absolute Gasteiger partial charge is 0.490 e. The molecule has 0 amide bonds. The second-order valence-corrected chi connectivity index (χ2v) is 11.3. The minimum Gasteiger partial charge on any atom is -0.490 e. The Balaban J connectivity index is 1.79. The van der Waals surface area contributed by atoms with E-state index in [1.807, 2.05) is 6.92 Å². The molecule has 1 aromatic heterocycles. The number of aliphatic carboxylic acids is 1. The van der Waals surface area contributed by atoms with Gasteiger partial charge < -0.3 is 19.1 Å². The van der Waals surface area contributed by atoms with E-state index in [-0.39, 0.29) is 11.3 Å². The van der Waals surface area contributed by atoms with Gasteiger partial charge in [-0.05, 0) is 94.5 Å². The van der Waals surface area contributed by atoms with Gasteiger partial charge in [-0.15, -0.1) is 0 Å². The monoisotopic (exact) mass is 551 g/mol. The van der Waals surface area contributed by atoms with E-state index >= 15 is 8.78 Å². The Bertz CT molecular complexity index is 1620. The van der Waals surface area contributed by atoms with Crippen molar-refractivity contribution in [3.05, 3.63) is 88.0 Å². The molecule has 0 radical (unpaired) electrons. The first kappa shape index (κ1) is 27.8. The summed E-state index contributed by atoms with van der Waals surface area (Å²) in [6.45, 7) is 9.30. The van der Waals surface area contributed by atoms with Gasteiger partial charge in [0.1, 0.15) is 5.82 Å². The summed E-state index contributed by atoms with van der Waals surface area (Å²) in [6, 6.07) is 12.0. The summed E-state index contributed by atoms with van der Waals surface area (Å²) in [7, 11) is 0. The predicted molar refractivity (Wildman–Crippen MR) is 147 cm³/mol. The Morgan fingerprint density at radius 3 is 2.45 bits per heavy atom. The molecule has 210 valence electrons. The van der Waals surface area contributed by atoms with Gasteiger partial charge in [-0.2, -0.15) is 0 Å². The molecule has 0 bridgehead atoms. The number of carboxylic acids is 1. The van der Waals surface area contributed by atoms with Crippen molar-refractivity contribution in [2.75, 3.05) is 6.61 Å². The highest BCUT2D eigenvalue weighted by atomic mass is 19.1. The molecule has 0 aliphatic carbocycles. The van der Waals surface area contributed by atoms with Gasteiger partial charge in [0.25, 0.3) is 0 Å². The average molecular weight is 552 g/mol. The molecule has 5 rings (SSSR count). The number of fused-ring (bicyclic) bond motifs is 2. The maximum absolute atomic E-state index is 16.4. The number of carboxylic acid groups (broad SMARTS) is 1. The van der Waals surface area contributed by atoms with Gasteiger partial charge in [0.15, 0.2) is 17.7 Å². The van der Waals surface area contributed by atoms with Gasteiger partial charge in [0.2, 0.25) is 6.30 Å². The van der Waals surface area contributed by atoms with Crippen LogP contribution in [0.3, 0.4) is 0 Å². The number of aryl methyl sites for hydroxylation is 1. The topological polar surface area (TPSA) is 60.7 Å². The zero-order chi connectivity index (χ0) is 28.9. The van der Waals surface area contributed by atoms with Crippen molar-refractivity contribution in [1.29, 1.82) is 0 Å². The van der Waals surface area contributed by atoms with Crippen molar-refractivity contribution in [3.8, 4) is 17.0 Å². The molecule has 0 spiro atoms. The molecule has 1 aliphatic rings. The van der Waals surface area contributed by atoms with Crippen molar-refractivity contribution in [1.82, 2.24) is 4.57 Å². The fourth-order valence-electron chi connectivity index (χ4n) is 5.46. The van der Waals surface area contributed by atoms with Gasteiger partial charge >= 0.3 is 5.97 Å². The number of hydrogen-bond acceptors (Lipinski definition) is 3. The number of hydrogen-bond donors (Lipinski definition) is 1. The van der Waals surface area contributed by atoms with Crippen LogP contribution >= 0.6 is 0 Å². The van der Waals surface area contributed by atoms with Crippen LogP contribution in [-0.2, 0) is 16.0 Å². The van der Waals surface area contributed by atoms with E-state index < -0.39 is 35.6 Å². The van der Waals surface area contributed by atoms with E-state index in [1.165, 1.54) is 28.8 Å². The van der Waals surface area contributed by atoms with Gasteiger partial charge in [0, 0.05) is 22.1 Å². The van der Waals surface area contributed by atoms with Crippen LogP contribution in [0.5, 0.6) is 5.75 Å². The van der Waals surface area contributed by atoms with Crippen LogP contribution in [0, 0.1) is 25.5 Å². The first-order valence-corrected chi connectivity index (χ1v) is 13.3. The van der Waals surface area contributed by atoms with Crippen molar-refractivity contribution in [3.63, 3.8) is 0 Å².